The van der Waals surface area contributed by atoms with Crippen molar-refractivity contribution in [2.45, 2.75) is 12.8 Å². The fourth-order valence-electron chi connectivity index (χ4n) is 2.23. The Balaban J connectivity index is 1.69. The van der Waals surface area contributed by atoms with Gasteiger partial charge in [-0.15, -0.1) is 0 Å². The smallest absolute Gasteiger partial charge is 0.180 e. The molecule has 1 fully saturated rings. The second-order valence-electron chi connectivity index (χ2n) is 4.63. The molecule has 0 spiro atoms. The second kappa shape index (κ2) is 6.09. The molecular formula is C13H14FN3OS2. The van der Waals surface area contributed by atoms with Gasteiger partial charge in [-0.3, -0.25) is 4.90 Å². The van der Waals surface area contributed by atoms with Crippen molar-refractivity contribution < 1.29 is 9.13 Å². The fraction of sp³-hybridized carbons (Fsp3) is 0.385. The van der Waals surface area contributed by atoms with Crippen molar-refractivity contribution in [3.8, 4) is 0 Å². The zero-order valence-electron chi connectivity index (χ0n) is 10.7. The van der Waals surface area contributed by atoms with Gasteiger partial charge in [-0.1, -0.05) is 23.5 Å². The third kappa shape index (κ3) is 3.12. The molecule has 0 unspecified atom stereocenters. The van der Waals surface area contributed by atoms with Gasteiger partial charge in [0.05, 0.1) is 19.4 Å². The van der Waals surface area contributed by atoms with Crippen LogP contribution < -0.4 is 0 Å². The summed E-state index contributed by atoms with van der Waals surface area (Å²) in [4.78, 5) is 2.24. The van der Waals surface area contributed by atoms with Crippen molar-refractivity contribution in [1.29, 1.82) is 0 Å². The molecule has 0 saturated carbocycles. The number of halogens is 1. The van der Waals surface area contributed by atoms with Gasteiger partial charge in [-0.2, -0.15) is 5.10 Å². The normalized spacial score (nSPS) is 20.1. The van der Waals surface area contributed by atoms with E-state index >= 15 is 0 Å². The lowest BCUT2D eigenvalue weighted by molar-refractivity contribution is -0.0417. The summed E-state index contributed by atoms with van der Waals surface area (Å²) in [6.45, 7) is 2.92. The average molecular weight is 311 g/mol. The first-order valence-corrected chi connectivity index (χ1v) is 7.61. The fourth-order valence-corrected chi connectivity index (χ4v) is 2.94. The molecule has 1 saturated heterocycles. The molecule has 0 bridgehead atoms. The Morgan fingerprint density at radius 3 is 2.90 bits per heavy atom. The maximum atomic E-state index is 13.0. The van der Waals surface area contributed by atoms with E-state index in [0.29, 0.717) is 13.3 Å². The third-order valence-corrected chi connectivity index (χ3v) is 4.39. The van der Waals surface area contributed by atoms with Gasteiger partial charge in [-0.05, 0) is 29.9 Å². The minimum atomic E-state index is -0.227. The van der Waals surface area contributed by atoms with Crippen LogP contribution in [0.4, 0.5) is 4.39 Å². The van der Waals surface area contributed by atoms with Gasteiger partial charge >= 0.3 is 0 Å². The van der Waals surface area contributed by atoms with Gasteiger partial charge in [0.25, 0.3) is 0 Å². The molecule has 0 radical (unpaired) electrons. The lowest BCUT2D eigenvalue weighted by Gasteiger charge is -2.32. The maximum Gasteiger partial charge on any atom is 0.180 e. The van der Waals surface area contributed by atoms with Crippen LogP contribution in [0.15, 0.2) is 29.8 Å². The topological polar surface area (TPSA) is 30.3 Å². The third-order valence-electron chi connectivity index (χ3n) is 3.28. The van der Waals surface area contributed by atoms with Gasteiger partial charge in [0.2, 0.25) is 0 Å². The number of hydrogen-bond acceptors (Lipinski definition) is 5. The summed E-state index contributed by atoms with van der Waals surface area (Å²) in [6, 6.07) is 6.48. The maximum absolute atomic E-state index is 13.0. The number of hydrogen-bond donors (Lipinski definition) is 0. The van der Waals surface area contributed by atoms with Gasteiger partial charge in [-0.25, -0.2) is 9.07 Å². The predicted molar refractivity (Wildman–Crippen MR) is 77.6 cm³/mol. The van der Waals surface area contributed by atoms with E-state index in [1.54, 1.807) is 17.6 Å². The van der Waals surface area contributed by atoms with Gasteiger partial charge in [0.1, 0.15) is 11.3 Å². The highest BCUT2D eigenvalue weighted by molar-refractivity contribution is 7.73. The first-order valence-electron chi connectivity index (χ1n) is 6.32. The van der Waals surface area contributed by atoms with Crippen LogP contribution in [0, 0.1) is 9.77 Å². The molecule has 0 N–H and O–H groups in total. The lowest BCUT2D eigenvalue weighted by Crippen LogP contribution is -2.39. The molecule has 0 aliphatic carbocycles. The summed E-state index contributed by atoms with van der Waals surface area (Å²) < 4.78 is 21.3. The Labute approximate surface area is 125 Å². The summed E-state index contributed by atoms with van der Waals surface area (Å²) in [5.41, 5.74) is 2.75. The molecule has 2 aromatic rings. The van der Waals surface area contributed by atoms with Crippen molar-refractivity contribution in [2.75, 3.05) is 19.7 Å². The Morgan fingerprint density at radius 2 is 2.20 bits per heavy atom. The minimum absolute atomic E-state index is 0.0304. The summed E-state index contributed by atoms with van der Waals surface area (Å²) in [6.07, 6.45) is -0.0304. The molecule has 7 heteroatoms. The molecule has 0 amide bonds. The molecule has 1 atom stereocenters. The summed E-state index contributed by atoms with van der Waals surface area (Å²) in [5, 5.41) is 4.22. The van der Waals surface area contributed by atoms with Crippen LogP contribution in [-0.4, -0.2) is 34.4 Å². The molecular weight excluding hydrogens is 297 g/mol. The molecule has 1 aliphatic rings. The van der Waals surface area contributed by atoms with Crippen molar-refractivity contribution in [2.24, 2.45) is 0 Å². The van der Waals surface area contributed by atoms with E-state index in [-0.39, 0.29) is 11.9 Å². The summed E-state index contributed by atoms with van der Waals surface area (Å²) in [5.74, 6) is -0.227. The van der Waals surface area contributed by atoms with Crippen LogP contribution in [0.25, 0.3) is 0 Å². The number of aromatic nitrogens is 2. The van der Waals surface area contributed by atoms with Crippen LogP contribution in [0.5, 0.6) is 0 Å². The standard InChI is InChI=1S/C13H14FN3OS2/c14-11-3-1-10(2-4-11)12-7-16(5-6-18-12)9-17-13(19)20-8-15-17/h1-4,8,12H,5-7,9H2/t12-/m0/s1. The Hall–Kier alpha value is -1.15. The van der Waals surface area contributed by atoms with Gasteiger partial charge in [0, 0.05) is 13.1 Å². The second-order valence-corrected chi connectivity index (χ2v) is 6.11. The molecule has 2 heterocycles. The first-order chi connectivity index (χ1) is 9.72. The van der Waals surface area contributed by atoms with E-state index < -0.39 is 0 Å². The van der Waals surface area contributed by atoms with Crippen LogP contribution in [0.2, 0.25) is 0 Å². The number of nitrogens with zero attached hydrogens (tertiary/aromatic N) is 3. The highest BCUT2D eigenvalue weighted by Gasteiger charge is 2.22. The van der Waals surface area contributed by atoms with Crippen molar-refractivity contribution in [1.82, 2.24) is 14.7 Å². The number of rotatable bonds is 3. The van der Waals surface area contributed by atoms with E-state index in [1.807, 2.05) is 4.68 Å². The predicted octanol–water partition coefficient (Wildman–Crippen LogP) is 2.84. The zero-order valence-corrected chi connectivity index (χ0v) is 12.4. The van der Waals surface area contributed by atoms with Gasteiger partial charge < -0.3 is 4.74 Å². The number of morpholine rings is 1. The average Bonchev–Trinajstić information content (AvgIpc) is 2.85. The van der Waals surface area contributed by atoms with E-state index in [4.69, 9.17) is 17.0 Å². The van der Waals surface area contributed by atoms with E-state index in [2.05, 4.69) is 10.00 Å². The highest BCUT2D eigenvalue weighted by Crippen LogP contribution is 2.22. The SMILES string of the molecule is Fc1ccc([C@@H]2CN(Cn3ncsc3=S)CCO2)cc1. The molecule has 1 aliphatic heterocycles. The number of ether oxygens (including phenoxy) is 1. The van der Waals surface area contributed by atoms with Crippen LogP contribution in [-0.2, 0) is 11.4 Å². The van der Waals surface area contributed by atoms with E-state index in [0.717, 1.165) is 22.6 Å². The quantitative estimate of drug-likeness (QED) is 0.816. The van der Waals surface area contributed by atoms with E-state index in [9.17, 15) is 4.39 Å². The molecule has 4 nitrogen and oxygen atoms in total. The Kier molecular flexibility index (Phi) is 4.21. The Bertz CT molecular complexity index is 625. The van der Waals surface area contributed by atoms with E-state index in [1.165, 1.54) is 23.5 Å². The van der Waals surface area contributed by atoms with Crippen LogP contribution in [0.1, 0.15) is 11.7 Å². The summed E-state index contributed by atoms with van der Waals surface area (Å²) in [7, 11) is 0. The van der Waals surface area contributed by atoms with Crippen LogP contribution >= 0.6 is 23.6 Å². The van der Waals surface area contributed by atoms with Crippen molar-refractivity contribution >= 4 is 23.6 Å². The minimum Gasteiger partial charge on any atom is -0.371 e. The summed E-state index contributed by atoms with van der Waals surface area (Å²) >= 11 is 6.67. The molecule has 3 rings (SSSR count). The number of benzene rings is 1. The van der Waals surface area contributed by atoms with Gasteiger partial charge in [0.15, 0.2) is 3.95 Å². The monoisotopic (exact) mass is 311 g/mol. The zero-order chi connectivity index (χ0) is 13.9. The Morgan fingerprint density at radius 1 is 1.40 bits per heavy atom. The molecule has 106 valence electrons. The van der Waals surface area contributed by atoms with Crippen LogP contribution in [0.3, 0.4) is 0 Å². The van der Waals surface area contributed by atoms with Crippen molar-refractivity contribution in [3.05, 3.63) is 45.1 Å². The first kappa shape index (κ1) is 13.8. The molecule has 20 heavy (non-hydrogen) atoms. The molecule has 1 aromatic carbocycles. The largest absolute Gasteiger partial charge is 0.371 e. The highest BCUT2D eigenvalue weighted by atomic mass is 32.1. The molecule has 1 aromatic heterocycles. The van der Waals surface area contributed by atoms with Crippen molar-refractivity contribution in [3.63, 3.8) is 0 Å². The lowest BCUT2D eigenvalue weighted by atomic mass is 10.1.